The van der Waals surface area contributed by atoms with Crippen LogP contribution in [0.3, 0.4) is 0 Å². The Kier molecular flexibility index (Phi) is 1.41. The van der Waals surface area contributed by atoms with Gasteiger partial charge < -0.3 is 10.7 Å². The molecule has 1 aliphatic rings. The molecule has 0 aliphatic heterocycles. The smallest absolute Gasteiger partial charge is 0.197 e. The van der Waals surface area contributed by atoms with Crippen molar-refractivity contribution >= 4 is 5.95 Å². The lowest BCUT2D eigenvalue weighted by Crippen LogP contribution is -1.87. The van der Waals surface area contributed by atoms with Gasteiger partial charge in [-0.25, -0.2) is 4.98 Å². The van der Waals surface area contributed by atoms with E-state index in [2.05, 4.69) is 20.2 Å². The van der Waals surface area contributed by atoms with Crippen molar-refractivity contribution in [1.82, 2.24) is 20.2 Å². The highest BCUT2D eigenvalue weighted by Gasteiger charge is 2.20. The lowest BCUT2D eigenvalue weighted by molar-refractivity contribution is 0.866. The van der Waals surface area contributed by atoms with E-state index >= 15 is 0 Å². The molecule has 0 atom stereocenters. The maximum atomic E-state index is 5.53. The van der Waals surface area contributed by atoms with Gasteiger partial charge in [0.05, 0.1) is 11.9 Å². The number of anilines is 1. The molecule has 2 aromatic heterocycles. The van der Waals surface area contributed by atoms with E-state index in [-0.39, 0.29) is 0 Å². The van der Waals surface area contributed by atoms with E-state index in [1.165, 1.54) is 17.7 Å². The zero-order valence-electron chi connectivity index (χ0n) is 7.67. The number of aromatic nitrogens is 4. The van der Waals surface area contributed by atoms with E-state index in [4.69, 9.17) is 5.73 Å². The molecule has 0 fully saturated rings. The average molecular weight is 189 g/mol. The Morgan fingerprint density at radius 1 is 1.36 bits per heavy atom. The number of aromatic amines is 2. The molecule has 0 saturated heterocycles. The van der Waals surface area contributed by atoms with Gasteiger partial charge in [0.25, 0.3) is 0 Å². The number of fused-ring (bicyclic) bond motifs is 1. The number of nitrogen functional groups attached to an aromatic ring is 1. The fraction of sp³-hybridized carbons (Fsp3) is 0.333. The van der Waals surface area contributed by atoms with Crippen LogP contribution in [0, 0.1) is 0 Å². The molecule has 5 heteroatoms. The Bertz CT molecular complexity index is 467. The maximum absolute atomic E-state index is 5.53. The van der Waals surface area contributed by atoms with Gasteiger partial charge in [-0.05, 0) is 19.3 Å². The van der Waals surface area contributed by atoms with E-state index in [0.717, 1.165) is 24.2 Å². The van der Waals surface area contributed by atoms with Gasteiger partial charge in [0.2, 0.25) is 0 Å². The molecule has 0 spiro atoms. The highest BCUT2D eigenvalue weighted by atomic mass is 15.1. The van der Waals surface area contributed by atoms with E-state index in [1.807, 2.05) is 0 Å². The summed E-state index contributed by atoms with van der Waals surface area (Å²) in [7, 11) is 0. The van der Waals surface area contributed by atoms with E-state index in [0.29, 0.717) is 5.95 Å². The SMILES string of the molecule is Nc1ncc(-c2n[nH]c3c2CCC3)[nH]1. The maximum Gasteiger partial charge on any atom is 0.197 e. The Morgan fingerprint density at radius 2 is 2.29 bits per heavy atom. The third-order valence-electron chi connectivity index (χ3n) is 2.66. The molecule has 72 valence electrons. The summed E-state index contributed by atoms with van der Waals surface area (Å²) in [5, 5.41) is 7.32. The Labute approximate surface area is 80.7 Å². The molecule has 2 heterocycles. The highest BCUT2D eigenvalue weighted by molar-refractivity contribution is 5.61. The number of hydrogen-bond acceptors (Lipinski definition) is 3. The van der Waals surface area contributed by atoms with Crippen LogP contribution in [0.1, 0.15) is 17.7 Å². The monoisotopic (exact) mass is 189 g/mol. The van der Waals surface area contributed by atoms with Crippen LogP contribution in [0.4, 0.5) is 5.95 Å². The summed E-state index contributed by atoms with van der Waals surface area (Å²) in [6.45, 7) is 0. The molecular formula is C9H11N5. The summed E-state index contributed by atoms with van der Waals surface area (Å²) in [5.41, 5.74) is 9.97. The molecule has 0 bridgehead atoms. The van der Waals surface area contributed by atoms with Crippen LogP contribution in [-0.2, 0) is 12.8 Å². The van der Waals surface area contributed by atoms with Crippen molar-refractivity contribution in [3.8, 4) is 11.4 Å². The Hall–Kier alpha value is -1.78. The van der Waals surface area contributed by atoms with Gasteiger partial charge in [-0.2, -0.15) is 5.10 Å². The topological polar surface area (TPSA) is 83.4 Å². The van der Waals surface area contributed by atoms with Crippen molar-refractivity contribution < 1.29 is 0 Å². The van der Waals surface area contributed by atoms with Gasteiger partial charge in [-0.3, -0.25) is 5.10 Å². The second-order valence-corrected chi connectivity index (χ2v) is 3.56. The zero-order valence-corrected chi connectivity index (χ0v) is 7.67. The van der Waals surface area contributed by atoms with Crippen LogP contribution >= 0.6 is 0 Å². The number of hydrogen-bond donors (Lipinski definition) is 3. The largest absolute Gasteiger partial charge is 0.369 e. The second-order valence-electron chi connectivity index (χ2n) is 3.56. The molecule has 5 nitrogen and oxygen atoms in total. The molecule has 0 amide bonds. The summed E-state index contributed by atoms with van der Waals surface area (Å²) in [5.74, 6) is 0.440. The molecule has 2 aromatic rings. The molecule has 0 saturated carbocycles. The predicted molar refractivity (Wildman–Crippen MR) is 52.6 cm³/mol. The van der Waals surface area contributed by atoms with Crippen molar-refractivity contribution in [1.29, 1.82) is 0 Å². The molecule has 0 aromatic carbocycles. The Morgan fingerprint density at radius 3 is 3.07 bits per heavy atom. The molecule has 14 heavy (non-hydrogen) atoms. The van der Waals surface area contributed by atoms with E-state index in [9.17, 15) is 0 Å². The van der Waals surface area contributed by atoms with E-state index in [1.54, 1.807) is 6.20 Å². The third kappa shape index (κ3) is 0.951. The van der Waals surface area contributed by atoms with Gasteiger partial charge in [-0.15, -0.1) is 0 Å². The first kappa shape index (κ1) is 7.61. The Balaban J connectivity index is 2.12. The molecule has 0 radical (unpaired) electrons. The summed E-state index contributed by atoms with van der Waals surface area (Å²) in [4.78, 5) is 6.96. The van der Waals surface area contributed by atoms with Crippen LogP contribution in [-0.4, -0.2) is 20.2 Å². The number of nitrogens with two attached hydrogens (primary N) is 1. The van der Waals surface area contributed by atoms with E-state index < -0.39 is 0 Å². The number of rotatable bonds is 1. The minimum absolute atomic E-state index is 0.440. The second kappa shape index (κ2) is 2.60. The number of imidazole rings is 1. The standard InChI is InChI=1S/C9H11N5/c10-9-11-4-7(12-9)8-5-2-1-3-6(5)13-14-8/h4H,1-3H2,(H,13,14)(H3,10,11,12). The lowest BCUT2D eigenvalue weighted by atomic mass is 10.1. The van der Waals surface area contributed by atoms with Crippen LogP contribution < -0.4 is 5.73 Å². The van der Waals surface area contributed by atoms with Crippen molar-refractivity contribution in [3.63, 3.8) is 0 Å². The fourth-order valence-electron chi connectivity index (χ4n) is 2.00. The van der Waals surface area contributed by atoms with Crippen molar-refractivity contribution in [2.45, 2.75) is 19.3 Å². The quantitative estimate of drug-likeness (QED) is 0.622. The normalized spacial score (nSPS) is 14.6. The van der Waals surface area contributed by atoms with Crippen molar-refractivity contribution in [3.05, 3.63) is 17.5 Å². The minimum atomic E-state index is 0.440. The highest BCUT2D eigenvalue weighted by Crippen LogP contribution is 2.29. The average Bonchev–Trinajstić information content (AvgIpc) is 2.77. The summed E-state index contributed by atoms with van der Waals surface area (Å²) in [6, 6.07) is 0. The van der Waals surface area contributed by atoms with Crippen LogP contribution in [0.25, 0.3) is 11.4 Å². The van der Waals surface area contributed by atoms with Gasteiger partial charge >= 0.3 is 0 Å². The molecule has 3 rings (SSSR count). The first-order chi connectivity index (χ1) is 6.84. The number of nitrogens with one attached hydrogen (secondary N) is 2. The first-order valence-electron chi connectivity index (χ1n) is 4.71. The van der Waals surface area contributed by atoms with Gasteiger partial charge in [-0.1, -0.05) is 0 Å². The molecule has 0 unspecified atom stereocenters. The lowest BCUT2D eigenvalue weighted by Gasteiger charge is -1.93. The summed E-state index contributed by atoms with van der Waals surface area (Å²) >= 11 is 0. The van der Waals surface area contributed by atoms with Crippen LogP contribution in [0.2, 0.25) is 0 Å². The molecule has 4 N–H and O–H groups in total. The fourth-order valence-corrected chi connectivity index (χ4v) is 2.00. The van der Waals surface area contributed by atoms with Gasteiger partial charge in [0, 0.05) is 11.3 Å². The van der Waals surface area contributed by atoms with Gasteiger partial charge in [0.15, 0.2) is 5.95 Å². The molecular weight excluding hydrogens is 178 g/mol. The van der Waals surface area contributed by atoms with Crippen molar-refractivity contribution in [2.75, 3.05) is 5.73 Å². The minimum Gasteiger partial charge on any atom is -0.369 e. The summed E-state index contributed by atoms with van der Waals surface area (Å²) < 4.78 is 0. The number of aryl methyl sites for hydroxylation is 1. The third-order valence-corrected chi connectivity index (χ3v) is 2.66. The van der Waals surface area contributed by atoms with Crippen LogP contribution in [0.5, 0.6) is 0 Å². The zero-order chi connectivity index (χ0) is 9.54. The predicted octanol–water partition coefficient (Wildman–Crippen LogP) is 0.871. The first-order valence-corrected chi connectivity index (χ1v) is 4.71. The molecule has 1 aliphatic carbocycles. The van der Waals surface area contributed by atoms with Crippen molar-refractivity contribution in [2.24, 2.45) is 0 Å². The number of nitrogens with zero attached hydrogens (tertiary/aromatic N) is 2. The van der Waals surface area contributed by atoms with Crippen LogP contribution in [0.15, 0.2) is 6.20 Å². The number of H-pyrrole nitrogens is 2. The van der Waals surface area contributed by atoms with Gasteiger partial charge in [0.1, 0.15) is 5.69 Å². The summed E-state index contributed by atoms with van der Waals surface area (Å²) in [6.07, 6.45) is 5.14.